The van der Waals surface area contributed by atoms with Crippen LogP contribution in [0.1, 0.15) is 15.6 Å². The van der Waals surface area contributed by atoms with E-state index in [1.165, 1.54) is 15.6 Å². The van der Waals surface area contributed by atoms with Gasteiger partial charge in [-0.25, -0.2) is 4.98 Å². The average molecular weight is 157 g/mol. The number of aromatic nitrogens is 1. The number of nitrogens with zero attached hydrogens (tertiary/aromatic N) is 1. The number of rotatable bonds is 2. The lowest BCUT2D eigenvalue weighted by Gasteiger charge is -1.83. The molecule has 0 saturated carbocycles. The highest BCUT2D eigenvalue weighted by atomic mass is 32.1. The van der Waals surface area contributed by atoms with Gasteiger partial charge in [-0.05, 0) is 13.8 Å². The third-order valence-corrected chi connectivity index (χ3v) is 2.60. The fraction of sp³-hybridized carbons (Fsp3) is 0.571. The van der Waals surface area contributed by atoms with Crippen LogP contribution in [0.15, 0.2) is 0 Å². The second-order valence-electron chi connectivity index (χ2n) is 2.35. The quantitative estimate of drug-likeness (QED) is 0.669. The fourth-order valence-corrected chi connectivity index (χ4v) is 1.77. The summed E-state index contributed by atoms with van der Waals surface area (Å²) in [5.41, 5.74) is 4.96. The van der Waals surface area contributed by atoms with Gasteiger partial charge < -0.3 is 5.73 Å². The predicted octanol–water partition coefficient (Wildman–Crippen LogP) is 0.544. The van der Waals surface area contributed by atoms with Crippen molar-refractivity contribution in [3.8, 4) is 0 Å². The first-order valence-electron chi connectivity index (χ1n) is 3.46. The maximum atomic E-state index is 4.38. The van der Waals surface area contributed by atoms with Gasteiger partial charge in [0.2, 0.25) is 0 Å². The third-order valence-electron chi connectivity index (χ3n) is 1.46. The highest BCUT2D eigenvalue weighted by molar-refractivity contribution is 7.11. The van der Waals surface area contributed by atoms with Crippen molar-refractivity contribution in [2.45, 2.75) is 20.3 Å². The molecule has 0 fully saturated rings. The standard InChI is InChI=1S/C7H12N2S/c1-5-6(2)10-7(9-5)3-4-8/h3-4,8H2,1-2H3/p+1. The Hall–Kier alpha value is -0.410. The second kappa shape index (κ2) is 3.12. The van der Waals surface area contributed by atoms with Crippen LogP contribution < -0.4 is 5.73 Å². The molecule has 0 aliphatic heterocycles. The summed E-state index contributed by atoms with van der Waals surface area (Å²) in [5, 5.41) is 1.23. The van der Waals surface area contributed by atoms with Crippen LogP contribution in [0.3, 0.4) is 0 Å². The van der Waals surface area contributed by atoms with E-state index in [1.807, 2.05) is 0 Å². The molecule has 0 aromatic carbocycles. The van der Waals surface area contributed by atoms with Gasteiger partial charge in [-0.3, -0.25) is 0 Å². The average Bonchev–Trinajstić information content (AvgIpc) is 2.14. The van der Waals surface area contributed by atoms with Crippen molar-refractivity contribution in [2.24, 2.45) is 0 Å². The lowest BCUT2D eigenvalue weighted by atomic mass is 10.4. The Morgan fingerprint density at radius 3 is 2.60 bits per heavy atom. The molecule has 0 atom stereocenters. The van der Waals surface area contributed by atoms with E-state index in [1.54, 1.807) is 11.3 Å². The molecular formula is C7H13N2S+. The van der Waals surface area contributed by atoms with Crippen molar-refractivity contribution in [3.63, 3.8) is 0 Å². The summed E-state index contributed by atoms with van der Waals surface area (Å²) in [6, 6.07) is 0. The Balaban J connectivity index is 2.77. The van der Waals surface area contributed by atoms with E-state index in [4.69, 9.17) is 0 Å². The van der Waals surface area contributed by atoms with Gasteiger partial charge in [0.1, 0.15) is 0 Å². The van der Waals surface area contributed by atoms with E-state index >= 15 is 0 Å². The number of quaternary nitrogens is 1. The van der Waals surface area contributed by atoms with Gasteiger partial charge in [-0.15, -0.1) is 11.3 Å². The zero-order chi connectivity index (χ0) is 7.56. The smallest absolute Gasteiger partial charge is 0.0986 e. The summed E-state index contributed by atoms with van der Waals surface area (Å²) in [5.74, 6) is 0. The number of thiazole rings is 1. The summed E-state index contributed by atoms with van der Waals surface area (Å²) < 4.78 is 0. The first kappa shape index (κ1) is 7.69. The van der Waals surface area contributed by atoms with E-state index < -0.39 is 0 Å². The highest BCUT2D eigenvalue weighted by Gasteiger charge is 2.01. The van der Waals surface area contributed by atoms with Gasteiger partial charge in [0.25, 0.3) is 0 Å². The second-order valence-corrected chi connectivity index (χ2v) is 3.64. The summed E-state index contributed by atoms with van der Waals surface area (Å²) in [6.07, 6.45) is 1.03. The topological polar surface area (TPSA) is 40.5 Å². The van der Waals surface area contributed by atoms with Crippen LogP contribution >= 0.6 is 11.3 Å². The van der Waals surface area contributed by atoms with Gasteiger partial charge in [0, 0.05) is 11.3 Å². The Morgan fingerprint density at radius 1 is 1.50 bits per heavy atom. The molecule has 0 bridgehead atoms. The monoisotopic (exact) mass is 157 g/mol. The Labute approximate surface area is 65.1 Å². The molecule has 1 heterocycles. The van der Waals surface area contributed by atoms with Crippen LogP contribution in [-0.4, -0.2) is 11.5 Å². The normalized spacial score (nSPS) is 10.3. The fourth-order valence-electron chi connectivity index (χ4n) is 0.797. The maximum Gasteiger partial charge on any atom is 0.0986 e. The maximum absolute atomic E-state index is 4.38. The molecule has 0 saturated heterocycles. The zero-order valence-corrected chi connectivity index (χ0v) is 7.29. The van der Waals surface area contributed by atoms with Gasteiger partial charge in [-0.2, -0.15) is 0 Å². The van der Waals surface area contributed by atoms with E-state index in [0.29, 0.717) is 0 Å². The lowest BCUT2D eigenvalue weighted by molar-refractivity contribution is -0.366. The van der Waals surface area contributed by atoms with Gasteiger partial charge >= 0.3 is 0 Å². The predicted molar refractivity (Wildman–Crippen MR) is 43.0 cm³/mol. The van der Waals surface area contributed by atoms with Crippen LogP contribution in [0.4, 0.5) is 0 Å². The molecule has 0 aliphatic carbocycles. The van der Waals surface area contributed by atoms with Crippen LogP contribution in [0, 0.1) is 13.8 Å². The van der Waals surface area contributed by atoms with Crippen molar-refractivity contribution in [1.29, 1.82) is 0 Å². The van der Waals surface area contributed by atoms with Gasteiger partial charge in [0.15, 0.2) is 0 Å². The highest BCUT2D eigenvalue weighted by Crippen LogP contribution is 2.15. The SMILES string of the molecule is Cc1nc(CC[NH3+])sc1C. The van der Waals surface area contributed by atoms with E-state index in [2.05, 4.69) is 24.6 Å². The molecule has 56 valence electrons. The number of hydrogen-bond donors (Lipinski definition) is 1. The van der Waals surface area contributed by atoms with Crippen molar-refractivity contribution >= 4 is 11.3 Å². The van der Waals surface area contributed by atoms with Crippen molar-refractivity contribution < 1.29 is 5.73 Å². The van der Waals surface area contributed by atoms with E-state index in [-0.39, 0.29) is 0 Å². The Bertz CT molecular complexity index is 198. The van der Waals surface area contributed by atoms with Crippen molar-refractivity contribution in [3.05, 3.63) is 15.6 Å². The van der Waals surface area contributed by atoms with Crippen LogP contribution in [0.25, 0.3) is 0 Å². The molecular weight excluding hydrogens is 144 g/mol. The largest absolute Gasteiger partial charge is 0.357 e. The summed E-state index contributed by atoms with van der Waals surface area (Å²) in [4.78, 5) is 5.72. The summed E-state index contributed by atoms with van der Waals surface area (Å²) in [7, 11) is 0. The summed E-state index contributed by atoms with van der Waals surface area (Å²) >= 11 is 1.79. The number of hydrogen-bond acceptors (Lipinski definition) is 2. The molecule has 0 amide bonds. The Kier molecular flexibility index (Phi) is 2.40. The van der Waals surface area contributed by atoms with Crippen LogP contribution in [-0.2, 0) is 6.42 Å². The molecule has 1 aromatic rings. The molecule has 0 aliphatic rings. The van der Waals surface area contributed by atoms with Crippen LogP contribution in [0.5, 0.6) is 0 Å². The molecule has 10 heavy (non-hydrogen) atoms. The minimum atomic E-state index is 0.951. The molecule has 0 unspecified atom stereocenters. The first-order chi connectivity index (χ1) is 4.74. The molecule has 1 rings (SSSR count). The van der Waals surface area contributed by atoms with E-state index in [9.17, 15) is 0 Å². The third kappa shape index (κ3) is 1.55. The lowest BCUT2D eigenvalue weighted by Crippen LogP contribution is -2.51. The molecule has 2 nitrogen and oxygen atoms in total. The zero-order valence-electron chi connectivity index (χ0n) is 6.48. The molecule has 3 N–H and O–H groups in total. The van der Waals surface area contributed by atoms with Crippen molar-refractivity contribution in [1.82, 2.24) is 4.98 Å². The molecule has 3 heteroatoms. The van der Waals surface area contributed by atoms with E-state index in [0.717, 1.165) is 13.0 Å². The van der Waals surface area contributed by atoms with Crippen molar-refractivity contribution in [2.75, 3.05) is 6.54 Å². The molecule has 1 aromatic heterocycles. The minimum Gasteiger partial charge on any atom is -0.357 e. The number of aryl methyl sites for hydroxylation is 2. The Morgan fingerprint density at radius 2 is 2.20 bits per heavy atom. The van der Waals surface area contributed by atoms with Crippen LogP contribution in [0.2, 0.25) is 0 Å². The first-order valence-corrected chi connectivity index (χ1v) is 4.28. The minimum absolute atomic E-state index is 0.951. The van der Waals surface area contributed by atoms with Gasteiger partial charge in [0.05, 0.1) is 17.2 Å². The van der Waals surface area contributed by atoms with Gasteiger partial charge in [-0.1, -0.05) is 0 Å². The summed E-state index contributed by atoms with van der Waals surface area (Å²) in [6.45, 7) is 5.12. The molecule has 0 spiro atoms. The molecule has 0 radical (unpaired) electrons.